The van der Waals surface area contributed by atoms with Crippen molar-refractivity contribution < 1.29 is 0 Å². The Kier molecular flexibility index (Phi) is 2.88. The molecule has 1 aromatic heterocycles. The van der Waals surface area contributed by atoms with Crippen molar-refractivity contribution >= 4 is 11.6 Å². The molecule has 0 saturated carbocycles. The van der Waals surface area contributed by atoms with Crippen molar-refractivity contribution in [1.82, 2.24) is 4.98 Å². The summed E-state index contributed by atoms with van der Waals surface area (Å²) in [6.07, 6.45) is 3.77. The number of aromatic nitrogens is 1. The highest BCUT2D eigenvalue weighted by Crippen LogP contribution is 2.09. The van der Waals surface area contributed by atoms with Crippen molar-refractivity contribution in [1.29, 1.82) is 5.26 Å². The molecule has 1 rings (SSSR count). The van der Waals surface area contributed by atoms with Gasteiger partial charge < -0.3 is 0 Å². The second kappa shape index (κ2) is 3.95. The number of nitrogens with zero attached hydrogens (tertiary/aromatic N) is 2. The van der Waals surface area contributed by atoms with Crippen LogP contribution in [0.5, 0.6) is 0 Å². The van der Waals surface area contributed by atoms with Gasteiger partial charge >= 0.3 is 0 Å². The van der Waals surface area contributed by atoms with Crippen molar-refractivity contribution in [2.45, 2.75) is 12.3 Å². The summed E-state index contributed by atoms with van der Waals surface area (Å²) in [5, 5.41) is 8.43. The third kappa shape index (κ3) is 1.92. The lowest BCUT2D eigenvalue weighted by Gasteiger charge is -1.99. The molecule has 0 aliphatic rings. The molecule has 0 N–H and O–H groups in total. The molecular weight excluding hydrogens is 160 g/mol. The summed E-state index contributed by atoms with van der Waals surface area (Å²) < 4.78 is 0. The van der Waals surface area contributed by atoms with Gasteiger partial charge in [0.2, 0.25) is 0 Å². The number of halogens is 1. The van der Waals surface area contributed by atoms with Gasteiger partial charge in [-0.25, -0.2) is 0 Å². The van der Waals surface area contributed by atoms with Gasteiger partial charge in [0.15, 0.2) is 0 Å². The Morgan fingerprint density at radius 2 is 2.36 bits per heavy atom. The average Bonchev–Trinajstić information content (AvgIpc) is 2.06. The number of hydrogen-bond acceptors (Lipinski definition) is 2. The molecule has 2 nitrogen and oxygen atoms in total. The van der Waals surface area contributed by atoms with Crippen molar-refractivity contribution in [3.8, 4) is 6.07 Å². The van der Waals surface area contributed by atoms with Crippen LogP contribution in [0.15, 0.2) is 18.5 Å². The zero-order valence-electron chi connectivity index (χ0n) is 5.92. The first-order valence-electron chi connectivity index (χ1n) is 3.23. The minimum absolute atomic E-state index is 0.407. The molecule has 0 spiro atoms. The standard InChI is InChI=1S/C8H7ClN2/c9-5-8-6-11-4-2-7(8)1-3-10/h2,4,6H,1,5H2. The van der Waals surface area contributed by atoms with E-state index in [1.165, 1.54) is 0 Å². The third-order valence-electron chi connectivity index (χ3n) is 1.42. The topological polar surface area (TPSA) is 36.7 Å². The summed E-state index contributed by atoms with van der Waals surface area (Å²) in [5.41, 5.74) is 1.91. The Hall–Kier alpha value is -1.07. The van der Waals surface area contributed by atoms with Gasteiger partial charge in [-0.2, -0.15) is 5.26 Å². The fourth-order valence-corrected chi connectivity index (χ4v) is 1.07. The van der Waals surface area contributed by atoms with Crippen LogP contribution in [0.4, 0.5) is 0 Å². The molecule has 0 aliphatic carbocycles. The Morgan fingerprint density at radius 1 is 1.55 bits per heavy atom. The molecule has 0 unspecified atom stereocenters. The van der Waals surface area contributed by atoms with E-state index >= 15 is 0 Å². The van der Waals surface area contributed by atoms with Gasteiger partial charge in [-0.3, -0.25) is 4.98 Å². The van der Waals surface area contributed by atoms with E-state index in [0.29, 0.717) is 12.3 Å². The molecule has 11 heavy (non-hydrogen) atoms. The molecule has 0 radical (unpaired) electrons. The summed E-state index contributed by atoms with van der Waals surface area (Å²) in [4.78, 5) is 3.90. The predicted molar refractivity (Wildman–Crippen MR) is 43.1 cm³/mol. The number of hydrogen-bond donors (Lipinski definition) is 0. The molecule has 1 aromatic rings. The Bertz CT molecular complexity index is 278. The minimum atomic E-state index is 0.407. The van der Waals surface area contributed by atoms with Crippen LogP contribution in [-0.4, -0.2) is 4.98 Å². The molecule has 0 fully saturated rings. The van der Waals surface area contributed by atoms with Gasteiger partial charge in [-0.1, -0.05) is 0 Å². The smallest absolute Gasteiger partial charge is 0.0669 e. The Morgan fingerprint density at radius 3 is 3.00 bits per heavy atom. The van der Waals surface area contributed by atoms with Crippen LogP contribution in [0.2, 0.25) is 0 Å². The van der Waals surface area contributed by atoms with Crippen molar-refractivity contribution in [2.75, 3.05) is 0 Å². The quantitative estimate of drug-likeness (QED) is 0.630. The summed E-state index contributed by atoms with van der Waals surface area (Å²) in [6.45, 7) is 0. The predicted octanol–water partition coefficient (Wildman–Crippen LogP) is 1.89. The van der Waals surface area contributed by atoms with E-state index in [-0.39, 0.29) is 0 Å². The molecule has 0 bridgehead atoms. The molecule has 0 aliphatic heterocycles. The van der Waals surface area contributed by atoms with Crippen LogP contribution in [-0.2, 0) is 12.3 Å². The number of pyridine rings is 1. The van der Waals surface area contributed by atoms with E-state index in [1.54, 1.807) is 12.4 Å². The summed E-state index contributed by atoms with van der Waals surface area (Å²) in [5.74, 6) is 0.421. The van der Waals surface area contributed by atoms with Crippen molar-refractivity contribution in [2.24, 2.45) is 0 Å². The number of rotatable bonds is 2. The van der Waals surface area contributed by atoms with E-state index in [9.17, 15) is 0 Å². The summed E-state index contributed by atoms with van der Waals surface area (Å²) >= 11 is 5.62. The van der Waals surface area contributed by atoms with E-state index < -0.39 is 0 Å². The minimum Gasteiger partial charge on any atom is -0.264 e. The molecule has 56 valence electrons. The van der Waals surface area contributed by atoms with Crippen LogP contribution in [0.1, 0.15) is 11.1 Å². The molecule has 0 aromatic carbocycles. The van der Waals surface area contributed by atoms with E-state index in [2.05, 4.69) is 11.1 Å². The maximum Gasteiger partial charge on any atom is 0.0669 e. The largest absolute Gasteiger partial charge is 0.264 e. The zero-order chi connectivity index (χ0) is 8.10. The highest BCUT2D eigenvalue weighted by molar-refractivity contribution is 6.17. The van der Waals surface area contributed by atoms with Gasteiger partial charge in [-0.05, 0) is 17.2 Å². The highest BCUT2D eigenvalue weighted by Gasteiger charge is 1.98. The molecular formula is C8H7ClN2. The average molecular weight is 167 g/mol. The van der Waals surface area contributed by atoms with E-state index in [4.69, 9.17) is 16.9 Å². The Balaban J connectivity index is 2.94. The lowest BCUT2D eigenvalue weighted by molar-refractivity contribution is 1.14. The zero-order valence-corrected chi connectivity index (χ0v) is 6.67. The van der Waals surface area contributed by atoms with E-state index in [1.807, 2.05) is 6.07 Å². The van der Waals surface area contributed by atoms with Crippen LogP contribution < -0.4 is 0 Å². The van der Waals surface area contributed by atoms with Gasteiger partial charge in [0, 0.05) is 18.3 Å². The number of alkyl halides is 1. The van der Waals surface area contributed by atoms with Crippen LogP contribution in [0.25, 0.3) is 0 Å². The third-order valence-corrected chi connectivity index (χ3v) is 1.71. The number of nitriles is 1. The van der Waals surface area contributed by atoms with Gasteiger partial charge in [-0.15, -0.1) is 11.6 Å². The summed E-state index contributed by atoms with van der Waals surface area (Å²) in [7, 11) is 0. The second-order valence-corrected chi connectivity index (χ2v) is 2.38. The van der Waals surface area contributed by atoms with Crippen molar-refractivity contribution in [3.63, 3.8) is 0 Å². The lowest BCUT2D eigenvalue weighted by atomic mass is 10.1. The fraction of sp³-hybridized carbons (Fsp3) is 0.250. The highest BCUT2D eigenvalue weighted by atomic mass is 35.5. The Labute approximate surface area is 70.4 Å². The maximum atomic E-state index is 8.43. The van der Waals surface area contributed by atoms with Crippen LogP contribution >= 0.6 is 11.6 Å². The maximum absolute atomic E-state index is 8.43. The second-order valence-electron chi connectivity index (χ2n) is 2.11. The van der Waals surface area contributed by atoms with E-state index in [0.717, 1.165) is 11.1 Å². The van der Waals surface area contributed by atoms with Crippen LogP contribution in [0.3, 0.4) is 0 Å². The van der Waals surface area contributed by atoms with Gasteiger partial charge in [0.1, 0.15) is 0 Å². The van der Waals surface area contributed by atoms with Gasteiger partial charge in [0.05, 0.1) is 12.5 Å². The molecule has 0 atom stereocenters. The molecule has 3 heteroatoms. The monoisotopic (exact) mass is 166 g/mol. The first kappa shape index (κ1) is 8.03. The first-order chi connectivity index (χ1) is 5.38. The van der Waals surface area contributed by atoms with Crippen LogP contribution in [0, 0.1) is 11.3 Å². The van der Waals surface area contributed by atoms with Crippen molar-refractivity contribution in [3.05, 3.63) is 29.6 Å². The molecule has 0 amide bonds. The summed E-state index contributed by atoms with van der Waals surface area (Å²) in [6, 6.07) is 3.89. The first-order valence-corrected chi connectivity index (χ1v) is 3.76. The molecule has 0 saturated heterocycles. The fourth-order valence-electron chi connectivity index (χ4n) is 0.834. The van der Waals surface area contributed by atoms with Gasteiger partial charge in [0.25, 0.3) is 0 Å². The lowest BCUT2D eigenvalue weighted by Crippen LogP contribution is -1.90. The molecule has 1 heterocycles. The normalized spacial score (nSPS) is 9.09. The SMILES string of the molecule is N#CCc1ccncc1CCl.